The van der Waals surface area contributed by atoms with Crippen LogP contribution in [0.4, 0.5) is 22.7 Å². The number of hydrogen-bond donors (Lipinski definition) is 0. The van der Waals surface area contributed by atoms with Crippen LogP contribution in [0, 0.1) is 0 Å². The molecule has 2 heteroatoms. The molecule has 0 saturated carbocycles. The second-order valence-corrected chi connectivity index (χ2v) is 14.7. The third-order valence-electron chi connectivity index (χ3n) is 9.68. The zero-order valence-electron chi connectivity index (χ0n) is 29.5. The van der Waals surface area contributed by atoms with Gasteiger partial charge < -0.3 is 9.80 Å². The van der Waals surface area contributed by atoms with Crippen molar-refractivity contribution in [2.45, 2.75) is 51.9 Å². The Bertz CT molecular complexity index is 1930. The summed E-state index contributed by atoms with van der Waals surface area (Å²) in [5, 5.41) is 0. The van der Waals surface area contributed by atoms with Gasteiger partial charge in [0.05, 0.1) is 0 Å². The van der Waals surface area contributed by atoms with Crippen LogP contribution in [0.1, 0.15) is 51.3 Å². The number of hydrogen-bond acceptors (Lipinski definition) is 2. The van der Waals surface area contributed by atoms with Gasteiger partial charge in [-0.05, 0) is 105 Å². The highest BCUT2D eigenvalue weighted by atomic mass is 15.1. The molecule has 242 valence electrons. The van der Waals surface area contributed by atoms with Crippen molar-refractivity contribution < 1.29 is 0 Å². The Hall–Kier alpha value is -5.08. The zero-order valence-corrected chi connectivity index (χ0v) is 29.5. The van der Waals surface area contributed by atoms with Crippen molar-refractivity contribution in [2.24, 2.45) is 0 Å². The van der Waals surface area contributed by atoms with Crippen molar-refractivity contribution in [2.75, 3.05) is 23.9 Å². The first-order valence-electron chi connectivity index (χ1n) is 17.0. The summed E-state index contributed by atoms with van der Waals surface area (Å²) in [4.78, 5) is 4.50. The van der Waals surface area contributed by atoms with E-state index in [1.807, 2.05) is 0 Å². The fourth-order valence-electron chi connectivity index (χ4n) is 6.48. The maximum Gasteiger partial charge on any atom is 0.0408 e. The monoisotopic (exact) mass is 628 g/mol. The van der Waals surface area contributed by atoms with Crippen molar-refractivity contribution in [3.05, 3.63) is 168 Å². The van der Waals surface area contributed by atoms with Crippen LogP contribution < -0.4 is 9.80 Å². The van der Waals surface area contributed by atoms with Crippen molar-refractivity contribution in [3.8, 4) is 22.3 Å². The molecule has 6 aromatic rings. The fraction of sp³-hybridized carbons (Fsp3) is 0.217. The lowest BCUT2D eigenvalue weighted by molar-refractivity contribution is 0.522. The summed E-state index contributed by atoms with van der Waals surface area (Å²) in [5.74, 6) is 0. The highest BCUT2D eigenvalue weighted by Crippen LogP contribution is 2.34. The molecule has 0 aliphatic rings. The molecule has 0 heterocycles. The standard InChI is InChI=1S/C46H48N2/c1-45(2,3)39-20-28-43(29-21-39)48(7)44-30-22-40(23-31-44)46(4,5)33-34-12-11-15-38(32-34)37-18-26-42(27-19-37)47(6)41-24-16-36(17-25-41)35-13-9-8-10-14-35/h8-32H,33H2,1-7H3. The van der Waals surface area contributed by atoms with Crippen LogP contribution in [0.5, 0.6) is 0 Å². The van der Waals surface area contributed by atoms with Gasteiger partial charge in [0.25, 0.3) is 0 Å². The molecule has 0 atom stereocenters. The van der Waals surface area contributed by atoms with Crippen LogP contribution in [0.15, 0.2) is 152 Å². The maximum absolute atomic E-state index is 2.35. The van der Waals surface area contributed by atoms with E-state index in [-0.39, 0.29) is 10.8 Å². The van der Waals surface area contributed by atoms with Crippen molar-refractivity contribution in [1.82, 2.24) is 0 Å². The van der Waals surface area contributed by atoms with Gasteiger partial charge in [-0.2, -0.15) is 0 Å². The highest BCUT2D eigenvalue weighted by molar-refractivity contribution is 5.72. The average molecular weight is 629 g/mol. The van der Waals surface area contributed by atoms with E-state index in [1.54, 1.807) is 0 Å². The smallest absolute Gasteiger partial charge is 0.0408 e. The Kier molecular flexibility index (Phi) is 9.29. The van der Waals surface area contributed by atoms with E-state index in [0.717, 1.165) is 6.42 Å². The molecule has 0 fully saturated rings. The Morgan fingerprint density at radius 3 is 1.27 bits per heavy atom. The van der Waals surface area contributed by atoms with E-state index >= 15 is 0 Å². The SMILES string of the molecule is CN(c1ccc(-c2ccccc2)cc1)c1ccc(-c2cccc(CC(C)(C)c3ccc(N(C)c4ccc(C(C)(C)C)cc4)cc3)c2)cc1. The lowest BCUT2D eigenvalue weighted by Crippen LogP contribution is -2.20. The quantitative estimate of drug-likeness (QED) is 0.157. The molecule has 48 heavy (non-hydrogen) atoms. The van der Waals surface area contributed by atoms with Gasteiger partial charge in [0.1, 0.15) is 0 Å². The van der Waals surface area contributed by atoms with Gasteiger partial charge in [0.2, 0.25) is 0 Å². The molecule has 0 radical (unpaired) electrons. The summed E-state index contributed by atoms with van der Waals surface area (Å²) in [7, 11) is 4.27. The molecular weight excluding hydrogens is 581 g/mol. The highest BCUT2D eigenvalue weighted by Gasteiger charge is 2.22. The van der Waals surface area contributed by atoms with Crippen LogP contribution in [0.2, 0.25) is 0 Å². The summed E-state index contributed by atoms with van der Waals surface area (Å²) in [6.45, 7) is 11.5. The average Bonchev–Trinajstić information content (AvgIpc) is 3.11. The Morgan fingerprint density at radius 2 is 0.792 bits per heavy atom. The van der Waals surface area contributed by atoms with Gasteiger partial charge in [-0.15, -0.1) is 0 Å². The number of nitrogens with zero attached hydrogens (tertiary/aromatic N) is 2. The molecular formula is C46H48N2. The van der Waals surface area contributed by atoms with Crippen LogP contribution >= 0.6 is 0 Å². The Morgan fingerprint density at radius 1 is 0.396 bits per heavy atom. The second kappa shape index (κ2) is 13.6. The molecule has 0 bridgehead atoms. The van der Waals surface area contributed by atoms with Crippen molar-refractivity contribution in [3.63, 3.8) is 0 Å². The first kappa shape index (κ1) is 32.8. The molecule has 2 nitrogen and oxygen atoms in total. The normalized spacial score (nSPS) is 11.7. The molecule has 0 amide bonds. The number of anilines is 4. The molecule has 0 aliphatic heterocycles. The molecule has 0 saturated heterocycles. The fourth-order valence-corrected chi connectivity index (χ4v) is 6.48. The topological polar surface area (TPSA) is 6.48 Å². The number of benzene rings is 6. The predicted octanol–water partition coefficient (Wildman–Crippen LogP) is 12.4. The lowest BCUT2D eigenvalue weighted by atomic mass is 9.79. The molecule has 0 aliphatic carbocycles. The zero-order chi connectivity index (χ0) is 33.9. The van der Waals surface area contributed by atoms with Crippen molar-refractivity contribution >= 4 is 22.7 Å². The first-order chi connectivity index (χ1) is 23.0. The minimum Gasteiger partial charge on any atom is -0.345 e. The molecule has 6 aromatic carbocycles. The largest absolute Gasteiger partial charge is 0.345 e. The third-order valence-corrected chi connectivity index (χ3v) is 9.68. The van der Waals surface area contributed by atoms with E-state index in [4.69, 9.17) is 0 Å². The van der Waals surface area contributed by atoms with E-state index < -0.39 is 0 Å². The lowest BCUT2D eigenvalue weighted by Gasteiger charge is -2.27. The van der Waals surface area contributed by atoms with Gasteiger partial charge in [-0.3, -0.25) is 0 Å². The predicted molar refractivity (Wildman–Crippen MR) is 208 cm³/mol. The third kappa shape index (κ3) is 7.39. The minimum atomic E-state index is -0.00723. The second-order valence-electron chi connectivity index (χ2n) is 14.7. The van der Waals surface area contributed by atoms with E-state index in [1.165, 1.54) is 61.7 Å². The summed E-state index contributed by atoms with van der Waals surface area (Å²) < 4.78 is 0. The molecule has 0 aromatic heterocycles. The summed E-state index contributed by atoms with van der Waals surface area (Å²) >= 11 is 0. The maximum atomic E-state index is 2.35. The number of rotatable bonds is 9. The summed E-state index contributed by atoms with van der Waals surface area (Å²) in [6.07, 6.45) is 0.962. The van der Waals surface area contributed by atoms with Gasteiger partial charge in [-0.25, -0.2) is 0 Å². The van der Waals surface area contributed by atoms with Gasteiger partial charge in [0, 0.05) is 36.8 Å². The Balaban J connectivity index is 1.12. The summed E-state index contributed by atoms with van der Waals surface area (Å²) in [6, 6.07) is 55.3. The van der Waals surface area contributed by atoms with Crippen LogP contribution in [-0.4, -0.2) is 14.1 Å². The molecule has 0 unspecified atom stereocenters. The van der Waals surface area contributed by atoms with Crippen molar-refractivity contribution in [1.29, 1.82) is 0 Å². The van der Waals surface area contributed by atoms with Gasteiger partial charge in [0.15, 0.2) is 0 Å². The summed E-state index contributed by atoms with van der Waals surface area (Å²) in [5.41, 5.74) is 13.9. The van der Waals surface area contributed by atoms with Crippen LogP contribution in [0.25, 0.3) is 22.3 Å². The first-order valence-corrected chi connectivity index (χ1v) is 17.0. The molecule has 0 N–H and O–H groups in total. The van der Waals surface area contributed by atoms with E-state index in [9.17, 15) is 0 Å². The minimum absolute atomic E-state index is 0.00723. The van der Waals surface area contributed by atoms with E-state index in [0.29, 0.717) is 0 Å². The van der Waals surface area contributed by atoms with Gasteiger partial charge in [-0.1, -0.05) is 138 Å². The molecule has 6 rings (SSSR count). The van der Waals surface area contributed by atoms with Crippen LogP contribution in [0.3, 0.4) is 0 Å². The molecule has 0 spiro atoms. The van der Waals surface area contributed by atoms with Gasteiger partial charge >= 0.3 is 0 Å². The van der Waals surface area contributed by atoms with Crippen LogP contribution in [-0.2, 0) is 17.3 Å². The Labute approximate surface area is 288 Å². The van der Waals surface area contributed by atoms with E-state index in [2.05, 4.69) is 210 Å².